The van der Waals surface area contributed by atoms with Crippen LogP contribution in [-0.4, -0.2) is 31.4 Å². The van der Waals surface area contributed by atoms with Crippen LogP contribution in [0.25, 0.3) is 11.0 Å². The first-order valence-electron chi connectivity index (χ1n) is 6.80. The second-order valence-corrected chi connectivity index (χ2v) is 8.19. The third-order valence-electron chi connectivity index (χ3n) is 3.81. The molecule has 1 atom stereocenters. The number of hydrogen-bond acceptors (Lipinski definition) is 4. The van der Waals surface area contributed by atoms with Gasteiger partial charge in [-0.25, -0.2) is 8.42 Å². The average molecular weight is 307 g/mol. The molecule has 0 radical (unpaired) electrons. The number of aryl methyl sites for hydroxylation is 1. The Morgan fingerprint density at radius 3 is 2.76 bits per heavy atom. The van der Waals surface area contributed by atoms with Gasteiger partial charge in [0.05, 0.1) is 17.0 Å². The van der Waals surface area contributed by atoms with E-state index in [1.54, 1.807) is 13.0 Å². The first-order valence-corrected chi connectivity index (χ1v) is 8.62. The van der Waals surface area contributed by atoms with Crippen LogP contribution >= 0.6 is 0 Å². The summed E-state index contributed by atoms with van der Waals surface area (Å²) in [6, 6.07) is 7.36. The van der Waals surface area contributed by atoms with Gasteiger partial charge in [0.2, 0.25) is 0 Å². The molecule has 0 spiro atoms. The van der Waals surface area contributed by atoms with Gasteiger partial charge in [0.25, 0.3) is 5.91 Å². The molecule has 1 fully saturated rings. The van der Waals surface area contributed by atoms with Gasteiger partial charge < -0.3 is 9.73 Å². The lowest BCUT2D eigenvalue weighted by Crippen LogP contribution is -2.46. The topological polar surface area (TPSA) is 76.4 Å². The molecular weight excluding hydrogens is 290 g/mol. The molecular formula is C15H17NO4S. The van der Waals surface area contributed by atoms with Crippen molar-refractivity contribution in [2.75, 3.05) is 11.5 Å². The maximum Gasteiger partial charge on any atom is 0.287 e. The van der Waals surface area contributed by atoms with Crippen molar-refractivity contribution in [2.45, 2.75) is 25.8 Å². The number of rotatable bonds is 2. The average Bonchev–Trinajstić information content (AvgIpc) is 2.90. The Hall–Kier alpha value is -1.82. The molecule has 2 heterocycles. The van der Waals surface area contributed by atoms with Crippen molar-refractivity contribution in [3.05, 3.63) is 35.6 Å². The number of nitrogens with one attached hydrogen (secondary N) is 1. The molecule has 0 saturated carbocycles. The predicted octanol–water partition coefficient (Wildman–Crippen LogP) is 2.05. The summed E-state index contributed by atoms with van der Waals surface area (Å²) in [7, 11) is -3.06. The van der Waals surface area contributed by atoms with Crippen molar-refractivity contribution in [3.63, 3.8) is 0 Å². The summed E-state index contributed by atoms with van der Waals surface area (Å²) in [6.07, 6.45) is 0.431. The van der Waals surface area contributed by atoms with Crippen LogP contribution in [0, 0.1) is 6.92 Å². The van der Waals surface area contributed by atoms with Crippen molar-refractivity contribution in [2.24, 2.45) is 0 Å². The fourth-order valence-corrected chi connectivity index (χ4v) is 4.81. The van der Waals surface area contributed by atoms with E-state index < -0.39 is 15.4 Å². The number of benzene rings is 1. The molecule has 1 saturated heterocycles. The van der Waals surface area contributed by atoms with E-state index in [1.807, 2.05) is 25.1 Å². The zero-order chi connectivity index (χ0) is 15.3. The van der Waals surface area contributed by atoms with E-state index in [1.165, 1.54) is 0 Å². The normalized spacial score (nSPS) is 24.3. The summed E-state index contributed by atoms with van der Waals surface area (Å²) in [6.45, 7) is 3.72. The molecule has 1 aromatic heterocycles. The first kappa shape index (κ1) is 14.1. The molecule has 112 valence electrons. The van der Waals surface area contributed by atoms with Gasteiger partial charge in [-0.3, -0.25) is 4.79 Å². The van der Waals surface area contributed by atoms with Crippen LogP contribution in [0.2, 0.25) is 0 Å². The Labute approximate surface area is 123 Å². The highest BCUT2D eigenvalue weighted by atomic mass is 32.2. The second kappa shape index (κ2) is 4.59. The maximum atomic E-state index is 12.3. The van der Waals surface area contributed by atoms with Crippen LogP contribution in [-0.2, 0) is 9.84 Å². The van der Waals surface area contributed by atoms with Crippen LogP contribution < -0.4 is 5.32 Å². The molecule has 1 aliphatic rings. The fraction of sp³-hybridized carbons (Fsp3) is 0.400. The van der Waals surface area contributed by atoms with Gasteiger partial charge >= 0.3 is 0 Å². The predicted molar refractivity (Wildman–Crippen MR) is 80.1 cm³/mol. The van der Waals surface area contributed by atoms with Gasteiger partial charge in [0.1, 0.15) is 5.58 Å². The molecule has 6 heteroatoms. The molecule has 1 aliphatic heterocycles. The fourth-order valence-electron chi connectivity index (χ4n) is 2.72. The number of amides is 1. The summed E-state index contributed by atoms with van der Waals surface area (Å²) in [5.74, 6) is -0.0710. The zero-order valence-electron chi connectivity index (χ0n) is 12.0. The molecule has 1 amide bonds. The molecule has 0 aliphatic carbocycles. The molecule has 1 N–H and O–H groups in total. The monoisotopic (exact) mass is 307 g/mol. The Morgan fingerprint density at radius 1 is 1.33 bits per heavy atom. The van der Waals surface area contributed by atoms with Gasteiger partial charge in [-0.05, 0) is 38.5 Å². The Bertz CT molecular complexity index is 821. The lowest BCUT2D eigenvalue weighted by molar-refractivity contribution is 0.0889. The number of carbonyl (C=O) groups is 1. The molecule has 21 heavy (non-hydrogen) atoms. The summed E-state index contributed by atoms with van der Waals surface area (Å²) in [5.41, 5.74) is 1.02. The van der Waals surface area contributed by atoms with Crippen molar-refractivity contribution in [1.82, 2.24) is 5.32 Å². The van der Waals surface area contributed by atoms with Crippen molar-refractivity contribution in [1.29, 1.82) is 0 Å². The third-order valence-corrected chi connectivity index (χ3v) is 5.72. The minimum atomic E-state index is -3.06. The van der Waals surface area contributed by atoms with E-state index in [9.17, 15) is 13.2 Å². The molecule has 1 aromatic carbocycles. The van der Waals surface area contributed by atoms with E-state index in [2.05, 4.69) is 5.32 Å². The third kappa shape index (κ3) is 2.81. The number of sulfone groups is 1. The highest BCUT2D eigenvalue weighted by Gasteiger charge is 2.40. The number of carbonyl (C=O) groups excluding carboxylic acids is 1. The molecule has 2 aromatic rings. The zero-order valence-corrected chi connectivity index (χ0v) is 12.8. The van der Waals surface area contributed by atoms with Gasteiger partial charge in [-0.2, -0.15) is 0 Å². The minimum absolute atomic E-state index is 0.0227. The van der Waals surface area contributed by atoms with E-state index >= 15 is 0 Å². The molecule has 3 rings (SSSR count). The van der Waals surface area contributed by atoms with Crippen LogP contribution in [0.4, 0.5) is 0 Å². The number of furan rings is 1. The van der Waals surface area contributed by atoms with Crippen LogP contribution in [0.1, 0.15) is 29.5 Å². The summed E-state index contributed by atoms with van der Waals surface area (Å²) < 4.78 is 28.7. The molecule has 5 nitrogen and oxygen atoms in total. The van der Waals surface area contributed by atoms with E-state index in [0.29, 0.717) is 12.0 Å². The van der Waals surface area contributed by atoms with Crippen molar-refractivity contribution < 1.29 is 17.6 Å². The van der Waals surface area contributed by atoms with Gasteiger partial charge in [-0.1, -0.05) is 11.6 Å². The summed E-state index contributed by atoms with van der Waals surface area (Å²) in [4.78, 5) is 12.3. The lowest BCUT2D eigenvalue weighted by atomic mass is 10.0. The van der Waals surface area contributed by atoms with E-state index in [0.717, 1.165) is 10.9 Å². The Kier molecular flexibility index (Phi) is 3.09. The number of hydrogen-bond donors (Lipinski definition) is 1. The standard InChI is InChI=1S/C15H17NO4S/c1-10-3-4-12-11(7-10)8-13(20-12)14(17)16-15(2)5-6-21(18,19)9-15/h3-4,7-8H,5-6,9H2,1-2H3,(H,16,17). The SMILES string of the molecule is Cc1ccc2oc(C(=O)NC3(C)CCS(=O)(=O)C3)cc2c1. The molecule has 1 unspecified atom stereocenters. The highest BCUT2D eigenvalue weighted by molar-refractivity contribution is 7.91. The van der Waals surface area contributed by atoms with Gasteiger partial charge in [-0.15, -0.1) is 0 Å². The van der Waals surface area contributed by atoms with Gasteiger partial charge in [0.15, 0.2) is 15.6 Å². The quantitative estimate of drug-likeness (QED) is 0.921. The van der Waals surface area contributed by atoms with E-state index in [-0.39, 0.29) is 23.2 Å². The second-order valence-electron chi connectivity index (χ2n) is 6.01. The minimum Gasteiger partial charge on any atom is -0.451 e. The Morgan fingerprint density at radius 2 is 2.10 bits per heavy atom. The lowest BCUT2D eigenvalue weighted by Gasteiger charge is -2.22. The maximum absolute atomic E-state index is 12.3. The largest absolute Gasteiger partial charge is 0.451 e. The summed E-state index contributed by atoms with van der Waals surface area (Å²) in [5, 5.41) is 3.66. The van der Waals surface area contributed by atoms with Crippen LogP contribution in [0.3, 0.4) is 0 Å². The van der Waals surface area contributed by atoms with Crippen LogP contribution in [0.15, 0.2) is 28.7 Å². The first-order chi connectivity index (χ1) is 9.76. The number of fused-ring (bicyclic) bond motifs is 1. The van der Waals surface area contributed by atoms with Crippen molar-refractivity contribution in [3.8, 4) is 0 Å². The van der Waals surface area contributed by atoms with Crippen molar-refractivity contribution >= 4 is 26.7 Å². The van der Waals surface area contributed by atoms with E-state index in [4.69, 9.17) is 4.42 Å². The smallest absolute Gasteiger partial charge is 0.287 e. The van der Waals surface area contributed by atoms with Crippen LogP contribution in [0.5, 0.6) is 0 Å². The summed E-state index contributed by atoms with van der Waals surface area (Å²) >= 11 is 0. The highest BCUT2D eigenvalue weighted by Crippen LogP contribution is 2.25. The molecule has 0 bridgehead atoms. The Balaban J connectivity index is 1.84. The van der Waals surface area contributed by atoms with Gasteiger partial charge in [0, 0.05) is 5.39 Å².